The molecule has 0 bridgehead atoms. The molecule has 0 saturated heterocycles. The van der Waals surface area contributed by atoms with Crippen molar-refractivity contribution in [3.8, 4) is 11.5 Å². The van der Waals surface area contributed by atoms with Crippen molar-refractivity contribution in [1.29, 1.82) is 0 Å². The molecule has 4 nitrogen and oxygen atoms in total. The summed E-state index contributed by atoms with van der Waals surface area (Å²) in [4.78, 5) is 16.2. The molecule has 0 aliphatic carbocycles. The zero-order chi connectivity index (χ0) is 16.6. The SMILES string of the molecule is O=C(Cc1ccccc1)NCc1ccc(Oc2ccccc2)cn1. The molecule has 0 unspecified atom stereocenters. The molecule has 1 heterocycles. The van der Waals surface area contributed by atoms with Crippen molar-refractivity contribution in [2.75, 3.05) is 0 Å². The number of ether oxygens (including phenoxy) is 1. The van der Waals surface area contributed by atoms with Gasteiger partial charge in [-0.1, -0.05) is 48.5 Å². The smallest absolute Gasteiger partial charge is 0.224 e. The number of rotatable bonds is 6. The lowest BCUT2D eigenvalue weighted by molar-refractivity contribution is -0.120. The van der Waals surface area contributed by atoms with Crippen molar-refractivity contribution in [3.05, 3.63) is 90.3 Å². The van der Waals surface area contributed by atoms with Crippen LogP contribution in [0.15, 0.2) is 79.0 Å². The lowest BCUT2D eigenvalue weighted by Crippen LogP contribution is -2.24. The van der Waals surface area contributed by atoms with Gasteiger partial charge >= 0.3 is 0 Å². The molecular formula is C20H18N2O2. The average Bonchev–Trinajstić information content (AvgIpc) is 2.63. The zero-order valence-electron chi connectivity index (χ0n) is 13.2. The van der Waals surface area contributed by atoms with Gasteiger partial charge in [-0.15, -0.1) is 0 Å². The normalized spacial score (nSPS) is 10.2. The molecule has 0 atom stereocenters. The van der Waals surface area contributed by atoms with Gasteiger partial charge in [0.15, 0.2) is 0 Å². The number of nitrogens with zero attached hydrogens (tertiary/aromatic N) is 1. The largest absolute Gasteiger partial charge is 0.456 e. The fraction of sp³-hybridized carbons (Fsp3) is 0.100. The number of amides is 1. The second-order valence-electron chi connectivity index (χ2n) is 5.34. The standard InChI is InChI=1S/C20H18N2O2/c23-20(13-16-7-3-1-4-8-16)22-14-17-11-12-19(15-21-17)24-18-9-5-2-6-10-18/h1-12,15H,13-14H2,(H,22,23). The van der Waals surface area contributed by atoms with E-state index >= 15 is 0 Å². The molecule has 0 fully saturated rings. The number of pyridine rings is 1. The Morgan fingerprint density at radius 1 is 0.875 bits per heavy atom. The minimum Gasteiger partial charge on any atom is -0.456 e. The van der Waals surface area contributed by atoms with Crippen LogP contribution in [0.4, 0.5) is 0 Å². The zero-order valence-corrected chi connectivity index (χ0v) is 13.2. The Balaban J connectivity index is 1.50. The minimum absolute atomic E-state index is 0.0207. The third-order valence-electron chi connectivity index (χ3n) is 3.45. The minimum atomic E-state index is -0.0207. The number of carbonyl (C=O) groups excluding carboxylic acids is 1. The van der Waals surface area contributed by atoms with Crippen LogP contribution in [0.3, 0.4) is 0 Å². The molecule has 3 aromatic rings. The Morgan fingerprint density at radius 3 is 2.25 bits per heavy atom. The Hall–Kier alpha value is -3.14. The molecular weight excluding hydrogens is 300 g/mol. The first kappa shape index (κ1) is 15.7. The fourth-order valence-corrected chi connectivity index (χ4v) is 2.23. The summed E-state index contributed by atoms with van der Waals surface area (Å²) in [5, 5.41) is 2.87. The Labute approximate surface area is 141 Å². The van der Waals surface area contributed by atoms with Crippen LogP contribution in [-0.4, -0.2) is 10.9 Å². The highest BCUT2D eigenvalue weighted by atomic mass is 16.5. The van der Waals surface area contributed by atoms with Gasteiger partial charge in [-0.3, -0.25) is 9.78 Å². The van der Waals surface area contributed by atoms with Gasteiger partial charge in [-0.25, -0.2) is 0 Å². The van der Waals surface area contributed by atoms with E-state index in [0.717, 1.165) is 17.0 Å². The first-order valence-corrected chi connectivity index (χ1v) is 7.78. The van der Waals surface area contributed by atoms with E-state index < -0.39 is 0 Å². The molecule has 1 amide bonds. The number of benzene rings is 2. The van der Waals surface area contributed by atoms with E-state index in [9.17, 15) is 4.79 Å². The molecule has 1 N–H and O–H groups in total. The third-order valence-corrected chi connectivity index (χ3v) is 3.45. The van der Waals surface area contributed by atoms with Crippen molar-refractivity contribution >= 4 is 5.91 Å². The van der Waals surface area contributed by atoms with E-state index in [1.165, 1.54) is 0 Å². The quantitative estimate of drug-likeness (QED) is 0.753. The number of hydrogen-bond acceptors (Lipinski definition) is 3. The van der Waals surface area contributed by atoms with Gasteiger partial charge in [0.1, 0.15) is 11.5 Å². The van der Waals surface area contributed by atoms with Gasteiger partial charge < -0.3 is 10.1 Å². The van der Waals surface area contributed by atoms with Crippen LogP contribution < -0.4 is 10.1 Å². The molecule has 1 aromatic heterocycles. The van der Waals surface area contributed by atoms with E-state index in [4.69, 9.17) is 4.74 Å². The predicted molar refractivity (Wildman–Crippen MR) is 92.7 cm³/mol. The molecule has 120 valence electrons. The Kier molecular flexibility index (Phi) is 5.20. The summed E-state index contributed by atoms with van der Waals surface area (Å²) >= 11 is 0. The molecule has 0 radical (unpaired) electrons. The van der Waals surface area contributed by atoms with Crippen molar-refractivity contribution in [1.82, 2.24) is 10.3 Å². The average molecular weight is 318 g/mol. The number of hydrogen-bond donors (Lipinski definition) is 1. The van der Waals surface area contributed by atoms with Crippen molar-refractivity contribution in [2.45, 2.75) is 13.0 Å². The topological polar surface area (TPSA) is 51.2 Å². The number of nitrogens with one attached hydrogen (secondary N) is 1. The number of carbonyl (C=O) groups is 1. The van der Waals surface area contributed by atoms with E-state index in [2.05, 4.69) is 10.3 Å². The molecule has 0 aliphatic heterocycles. The van der Waals surface area contributed by atoms with Crippen LogP contribution >= 0.6 is 0 Å². The van der Waals surface area contributed by atoms with Crippen molar-refractivity contribution < 1.29 is 9.53 Å². The summed E-state index contributed by atoms with van der Waals surface area (Å²) in [7, 11) is 0. The summed E-state index contributed by atoms with van der Waals surface area (Å²) in [6, 6.07) is 22.9. The Bertz CT molecular complexity index is 772. The monoisotopic (exact) mass is 318 g/mol. The van der Waals surface area contributed by atoms with E-state index in [0.29, 0.717) is 18.7 Å². The summed E-state index contributed by atoms with van der Waals surface area (Å²) in [6.07, 6.45) is 2.03. The molecule has 4 heteroatoms. The van der Waals surface area contributed by atoms with Crippen LogP contribution in [0.25, 0.3) is 0 Å². The number of aromatic nitrogens is 1. The van der Waals surface area contributed by atoms with Gasteiger partial charge in [-0.2, -0.15) is 0 Å². The molecule has 0 saturated carbocycles. The maximum absolute atomic E-state index is 11.9. The maximum atomic E-state index is 11.9. The van der Waals surface area contributed by atoms with Crippen LogP contribution in [-0.2, 0) is 17.8 Å². The predicted octanol–water partition coefficient (Wildman–Crippen LogP) is 3.73. The highest BCUT2D eigenvalue weighted by Gasteiger charge is 2.04. The summed E-state index contributed by atoms with van der Waals surface area (Å²) < 4.78 is 5.69. The summed E-state index contributed by atoms with van der Waals surface area (Å²) in [5.41, 5.74) is 1.78. The molecule has 0 spiro atoms. The second-order valence-corrected chi connectivity index (χ2v) is 5.34. The van der Waals surface area contributed by atoms with Crippen LogP contribution in [0.5, 0.6) is 11.5 Å². The first-order valence-electron chi connectivity index (χ1n) is 7.78. The number of para-hydroxylation sites is 1. The fourth-order valence-electron chi connectivity index (χ4n) is 2.23. The summed E-state index contributed by atoms with van der Waals surface area (Å²) in [6.45, 7) is 0.400. The van der Waals surface area contributed by atoms with E-state index in [-0.39, 0.29) is 5.91 Å². The lowest BCUT2D eigenvalue weighted by Gasteiger charge is -2.07. The van der Waals surface area contributed by atoms with Gasteiger partial charge in [0, 0.05) is 0 Å². The van der Waals surface area contributed by atoms with Crippen LogP contribution in [0.2, 0.25) is 0 Å². The third kappa shape index (κ3) is 4.68. The van der Waals surface area contributed by atoms with Crippen molar-refractivity contribution in [3.63, 3.8) is 0 Å². The lowest BCUT2D eigenvalue weighted by atomic mass is 10.1. The van der Waals surface area contributed by atoms with Gasteiger partial charge in [0.05, 0.1) is 24.9 Å². The van der Waals surface area contributed by atoms with Gasteiger partial charge in [0.25, 0.3) is 0 Å². The maximum Gasteiger partial charge on any atom is 0.224 e. The highest BCUT2D eigenvalue weighted by Crippen LogP contribution is 2.19. The molecule has 2 aromatic carbocycles. The molecule has 0 aliphatic rings. The van der Waals surface area contributed by atoms with Gasteiger partial charge in [0.2, 0.25) is 5.91 Å². The van der Waals surface area contributed by atoms with Crippen LogP contribution in [0.1, 0.15) is 11.3 Å². The van der Waals surface area contributed by atoms with Crippen molar-refractivity contribution in [2.24, 2.45) is 0 Å². The molecule has 24 heavy (non-hydrogen) atoms. The van der Waals surface area contributed by atoms with Crippen LogP contribution in [0, 0.1) is 0 Å². The van der Waals surface area contributed by atoms with Gasteiger partial charge in [-0.05, 0) is 29.8 Å². The van der Waals surface area contributed by atoms with E-state index in [1.807, 2.05) is 72.8 Å². The highest BCUT2D eigenvalue weighted by molar-refractivity contribution is 5.78. The first-order chi connectivity index (χ1) is 11.8. The summed E-state index contributed by atoms with van der Waals surface area (Å²) in [5.74, 6) is 1.41. The Morgan fingerprint density at radius 2 is 1.58 bits per heavy atom. The second kappa shape index (κ2) is 7.92. The molecule has 3 rings (SSSR count). The van der Waals surface area contributed by atoms with E-state index in [1.54, 1.807) is 6.20 Å².